The zero-order chi connectivity index (χ0) is 12.1. The van der Waals surface area contributed by atoms with Crippen molar-refractivity contribution in [3.05, 3.63) is 0 Å². The molecule has 0 aromatic rings. The summed E-state index contributed by atoms with van der Waals surface area (Å²) in [5.74, 6) is -1.07. The quantitative estimate of drug-likeness (QED) is 0.673. The molecular formula is C8H15N3O3S. The number of sulfonamides is 1. The molecule has 0 unspecified atom stereocenters. The maximum Gasteiger partial charge on any atom is 0.235 e. The van der Waals surface area contributed by atoms with Crippen molar-refractivity contribution in [2.45, 2.75) is 26.3 Å². The van der Waals surface area contributed by atoms with E-state index >= 15 is 0 Å². The minimum Gasteiger partial charge on any atom is -0.350 e. The largest absolute Gasteiger partial charge is 0.350 e. The van der Waals surface area contributed by atoms with Crippen molar-refractivity contribution < 1.29 is 13.2 Å². The van der Waals surface area contributed by atoms with Gasteiger partial charge in [-0.1, -0.05) is 0 Å². The van der Waals surface area contributed by atoms with Gasteiger partial charge in [-0.25, -0.2) is 13.1 Å². The summed E-state index contributed by atoms with van der Waals surface area (Å²) in [4.78, 5) is 11.2. The lowest BCUT2D eigenvalue weighted by Gasteiger charge is -2.20. The van der Waals surface area contributed by atoms with Gasteiger partial charge in [-0.2, -0.15) is 5.26 Å². The Bertz CT molecular complexity index is 362. The number of nitriles is 1. The first kappa shape index (κ1) is 13.9. The molecule has 0 spiro atoms. The number of nitrogens with one attached hydrogen (secondary N) is 2. The van der Waals surface area contributed by atoms with E-state index in [0.717, 1.165) is 0 Å². The van der Waals surface area contributed by atoms with Crippen LogP contribution in [0.25, 0.3) is 0 Å². The molecule has 6 nitrogen and oxygen atoms in total. The number of hydrogen-bond donors (Lipinski definition) is 2. The van der Waals surface area contributed by atoms with Crippen molar-refractivity contribution in [1.29, 1.82) is 5.26 Å². The first-order valence-electron chi connectivity index (χ1n) is 4.31. The van der Waals surface area contributed by atoms with Crippen LogP contribution in [0.2, 0.25) is 0 Å². The van der Waals surface area contributed by atoms with E-state index < -0.39 is 27.2 Å². The summed E-state index contributed by atoms with van der Waals surface area (Å²) in [6.07, 6.45) is 0. The number of rotatable bonds is 4. The van der Waals surface area contributed by atoms with Crippen LogP contribution in [-0.2, 0) is 14.8 Å². The van der Waals surface area contributed by atoms with Gasteiger partial charge in [-0.3, -0.25) is 4.79 Å². The Balaban J connectivity index is 4.09. The number of hydrogen-bond acceptors (Lipinski definition) is 4. The van der Waals surface area contributed by atoms with Crippen molar-refractivity contribution in [2.24, 2.45) is 0 Å². The van der Waals surface area contributed by atoms with E-state index in [-0.39, 0.29) is 6.54 Å². The number of amides is 1. The molecule has 86 valence electrons. The van der Waals surface area contributed by atoms with Gasteiger partial charge in [0.1, 0.15) is 0 Å². The Morgan fingerprint density at radius 2 is 1.93 bits per heavy atom. The average Bonchev–Trinajstić information content (AvgIpc) is 1.98. The first-order chi connectivity index (χ1) is 6.66. The van der Waals surface area contributed by atoms with Crippen LogP contribution in [0.1, 0.15) is 20.8 Å². The molecule has 2 N–H and O–H groups in total. The van der Waals surface area contributed by atoms with Crippen LogP contribution >= 0.6 is 0 Å². The fourth-order valence-electron chi connectivity index (χ4n) is 0.774. The summed E-state index contributed by atoms with van der Waals surface area (Å²) in [6.45, 7) is 5.01. The molecule has 0 aromatic carbocycles. The van der Waals surface area contributed by atoms with Crippen molar-refractivity contribution in [3.8, 4) is 6.07 Å². The van der Waals surface area contributed by atoms with Crippen molar-refractivity contribution >= 4 is 15.9 Å². The van der Waals surface area contributed by atoms with E-state index in [1.54, 1.807) is 20.8 Å². The van der Waals surface area contributed by atoms with E-state index in [1.165, 1.54) is 6.07 Å². The third-order valence-corrected chi connectivity index (χ3v) is 2.31. The summed E-state index contributed by atoms with van der Waals surface area (Å²) in [6, 6.07) is 1.50. The second-order valence-electron chi connectivity index (χ2n) is 4.04. The maximum absolute atomic E-state index is 11.2. The molecule has 0 atom stereocenters. The van der Waals surface area contributed by atoms with Gasteiger partial charge < -0.3 is 5.32 Å². The summed E-state index contributed by atoms with van der Waals surface area (Å²) in [5, 5.41) is 10.8. The fraction of sp³-hybridized carbons (Fsp3) is 0.750. The lowest BCUT2D eigenvalue weighted by molar-refractivity contribution is -0.121. The lowest BCUT2D eigenvalue weighted by atomic mass is 10.1. The van der Waals surface area contributed by atoms with Gasteiger partial charge in [0, 0.05) is 5.54 Å². The molecule has 0 bridgehead atoms. The van der Waals surface area contributed by atoms with Crippen LogP contribution in [0.5, 0.6) is 0 Å². The molecule has 0 aliphatic carbocycles. The summed E-state index contributed by atoms with van der Waals surface area (Å²) in [7, 11) is -3.65. The SMILES string of the molecule is CC(C)(C)NC(=O)CNS(=O)(=O)CC#N. The zero-order valence-corrected chi connectivity index (χ0v) is 9.81. The molecule has 0 rings (SSSR count). The lowest BCUT2D eigenvalue weighted by Crippen LogP contribution is -2.46. The van der Waals surface area contributed by atoms with Gasteiger partial charge in [0.05, 0.1) is 12.6 Å². The highest BCUT2D eigenvalue weighted by Gasteiger charge is 2.16. The van der Waals surface area contributed by atoms with Gasteiger partial charge in [0.2, 0.25) is 15.9 Å². The molecule has 0 saturated heterocycles. The standard InChI is InChI=1S/C8H15N3O3S/c1-8(2,3)11-7(12)6-10-15(13,14)5-4-9/h10H,5-6H2,1-3H3,(H,11,12). The van der Waals surface area contributed by atoms with Gasteiger partial charge in [-0.15, -0.1) is 0 Å². The van der Waals surface area contributed by atoms with Crippen LogP contribution in [-0.4, -0.2) is 32.2 Å². The highest BCUT2D eigenvalue weighted by molar-refractivity contribution is 7.89. The van der Waals surface area contributed by atoms with Crippen molar-refractivity contribution in [3.63, 3.8) is 0 Å². The molecule has 0 aliphatic heterocycles. The third-order valence-electron chi connectivity index (χ3n) is 1.22. The maximum atomic E-state index is 11.2. The molecule has 0 heterocycles. The molecule has 0 aliphatic rings. The van der Waals surface area contributed by atoms with E-state index in [0.29, 0.717) is 0 Å². The predicted molar refractivity (Wildman–Crippen MR) is 55.3 cm³/mol. The van der Waals surface area contributed by atoms with Crippen molar-refractivity contribution in [2.75, 3.05) is 12.3 Å². The zero-order valence-electron chi connectivity index (χ0n) is 8.99. The van der Waals surface area contributed by atoms with Gasteiger partial charge >= 0.3 is 0 Å². The molecule has 7 heteroatoms. The molecule has 15 heavy (non-hydrogen) atoms. The number of carbonyl (C=O) groups excluding carboxylic acids is 1. The summed E-state index contributed by atoms with van der Waals surface area (Å²) < 4.78 is 24.0. The molecule has 0 fully saturated rings. The smallest absolute Gasteiger partial charge is 0.235 e. The summed E-state index contributed by atoms with van der Waals surface area (Å²) >= 11 is 0. The first-order valence-corrected chi connectivity index (χ1v) is 5.97. The Kier molecular flexibility index (Phi) is 4.71. The Hall–Kier alpha value is -1.13. The van der Waals surface area contributed by atoms with E-state index in [1.807, 2.05) is 4.72 Å². The van der Waals surface area contributed by atoms with E-state index in [9.17, 15) is 13.2 Å². The fourth-order valence-corrected chi connectivity index (χ4v) is 1.40. The Morgan fingerprint density at radius 1 is 1.40 bits per heavy atom. The second-order valence-corrected chi connectivity index (χ2v) is 5.84. The molecule has 0 saturated carbocycles. The normalized spacial score (nSPS) is 11.9. The topological polar surface area (TPSA) is 99.1 Å². The van der Waals surface area contributed by atoms with Gasteiger partial charge in [0.25, 0.3) is 0 Å². The highest BCUT2D eigenvalue weighted by atomic mass is 32.2. The molecule has 0 radical (unpaired) electrons. The molecular weight excluding hydrogens is 218 g/mol. The molecule has 1 amide bonds. The second kappa shape index (κ2) is 5.09. The predicted octanol–water partition coefficient (Wildman–Crippen LogP) is -0.656. The van der Waals surface area contributed by atoms with Crippen LogP contribution < -0.4 is 10.0 Å². The van der Waals surface area contributed by atoms with Crippen molar-refractivity contribution in [1.82, 2.24) is 10.0 Å². The number of carbonyl (C=O) groups is 1. The number of nitrogens with zero attached hydrogens (tertiary/aromatic N) is 1. The highest BCUT2D eigenvalue weighted by Crippen LogP contribution is 1.97. The van der Waals surface area contributed by atoms with Crippen LogP contribution in [0.3, 0.4) is 0 Å². The third kappa shape index (κ3) is 7.90. The Morgan fingerprint density at radius 3 is 2.33 bits per heavy atom. The minimum absolute atomic E-state index is 0.346. The monoisotopic (exact) mass is 233 g/mol. The van der Waals surface area contributed by atoms with E-state index in [4.69, 9.17) is 5.26 Å². The van der Waals surface area contributed by atoms with Crippen LogP contribution in [0.4, 0.5) is 0 Å². The summed E-state index contributed by atoms with van der Waals surface area (Å²) in [5.41, 5.74) is -0.405. The minimum atomic E-state index is -3.65. The average molecular weight is 233 g/mol. The van der Waals surface area contributed by atoms with Crippen LogP contribution in [0.15, 0.2) is 0 Å². The van der Waals surface area contributed by atoms with Crippen LogP contribution in [0, 0.1) is 11.3 Å². The Labute approximate surface area is 89.7 Å². The van der Waals surface area contributed by atoms with Gasteiger partial charge in [0.15, 0.2) is 5.75 Å². The van der Waals surface area contributed by atoms with E-state index in [2.05, 4.69) is 5.32 Å². The van der Waals surface area contributed by atoms with Gasteiger partial charge in [-0.05, 0) is 20.8 Å². The molecule has 0 aromatic heterocycles.